The summed E-state index contributed by atoms with van der Waals surface area (Å²) in [7, 11) is 0. The summed E-state index contributed by atoms with van der Waals surface area (Å²) >= 11 is 7.67. The van der Waals surface area contributed by atoms with Gasteiger partial charge in [-0.2, -0.15) is 0 Å². The molecule has 194 valence electrons. The number of amides is 2. The number of aryl methyl sites for hydroxylation is 1. The van der Waals surface area contributed by atoms with Crippen molar-refractivity contribution < 1.29 is 9.59 Å². The Labute approximate surface area is 237 Å². The lowest BCUT2D eigenvalue weighted by atomic mass is 9.87. The molecule has 0 aromatic heterocycles. The first-order valence-corrected chi connectivity index (χ1v) is 14.3. The van der Waals surface area contributed by atoms with Gasteiger partial charge in [0.15, 0.2) is 0 Å². The average Bonchev–Trinajstić information content (AvgIpc) is 2.96. The number of fused-ring (bicyclic) bond motifs is 2. The third-order valence-corrected chi connectivity index (χ3v) is 8.52. The van der Waals surface area contributed by atoms with Crippen molar-refractivity contribution in [3.63, 3.8) is 0 Å². The molecule has 1 aliphatic heterocycles. The molecule has 1 unspecified atom stereocenters. The van der Waals surface area contributed by atoms with E-state index in [1.165, 1.54) is 22.9 Å². The Morgan fingerprint density at radius 3 is 2.62 bits per heavy atom. The summed E-state index contributed by atoms with van der Waals surface area (Å²) in [6, 6.07) is 31.3. The molecule has 6 rings (SSSR count). The van der Waals surface area contributed by atoms with Crippen molar-refractivity contribution >= 4 is 46.9 Å². The molecule has 0 radical (unpaired) electrons. The van der Waals surface area contributed by atoms with E-state index in [1.54, 1.807) is 4.90 Å². The van der Waals surface area contributed by atoms with Crippen LogP contribution in [-0.4, -0.2) is 11.8 Å². The van der Waals surface area contributed by atoms with Gasteiger partial charge in [-0.05, 0) is 84.0 Å². The van der Waals surface area contributed by atoms with Crippen molar-refractivity contribution in [3.8, 4) is 0 Å². The standard InChI is InChI=1S/C33H27ClN2O2S/c34-26-10-5-7-23(19-26)21-36-29-13-3-4-14-30(29)39-31(33(36)38)20-22-15-17-25(18-16-22)32(37)35-28-12-6-9-24-8-1-2-11-27(24)28/h1-5,7-8,10-11,13-20,28H,6,9,12,21H2,(H,35,37). The van der Waals surface area contributed by atoms with Crippen LogP contribution in [-0.2, 0) is 17.8 Å². The number of hydrogen-bond donors (Lipinski definition) is 1. The molecule has 0 spiro atoms. The summed E-state index contributed by atoms with van der Waals surface area (Å²) in [5.74, 6) is -0.142. The normalized spacial score (nSPS) is 17.5. The van der Waals surface area contributed by atoms with E-state index in [4.69, 9.17) is 11.6 Å². The van der Waals surface area contributed by atoms with Crippen molar-refractivity contribution in [2.24, 2.45) is 0 Å². The summed E-state index contributed by atoms with van der Waals surface area (Å²) in [4.78, 5) is 30.1. The summed E-state index contributed by atoms with van der Waals surface area (Å²) in [6.07, 6.45) is 4.97. The highest BCUT2D eigenvalue weighted by atomic mass is 35.5. The molecule has 1 heterocycles. The average molecular weight is 551 g/mol. The lowest BCUT2D eigenvalue weighted by molar-refractivity contribution is -0.114. The predicted molar refractivity (Wildman–Crippen MR) is 159 cm³/mol. The number of thioether (sulfide) groups is 1. The fourth-order valence-electron chi connectivity index (χ4n) is 5.26. The zero-order valence-electron chi connectivity index (χ0n) is 21.3. The molecule has 2 amide bonds. The zero-order valence-corrected chi connectivity index (χ0v) is 22.8. The van der Waals surface area contributed by atoms with Crippen LogP contribution in [0.1, 0.15) is 51.5 Å². The first-order valence-electron chi connectivity index (χ1n) is 13.1. The quantitative estimate of drug-likeness (QED) is 0.258. The molecular formula is C33H27ClN2O2S. The molecule has 4 nitrogen and oxygen atoms in total. The maximum Gasteiger partial charge on any atom is 0.265 e. The van der Waals surface area contributed by atoms with Gasteiger partial charge in [-0.25, -0.2) is 0 Å². The highest BCUT2D eigenvalue weighted by Crippen LogP contribution is 2.42. The second kappa shape index (κ2) is 11.1. The van der Waals surface area contributed by atoms with Crippen LogP contribution in [0.2, 0.25) is 5.02 Å². The summed E-state index contributed by atoms with van der Waals surface area (Å²) in [5.41, 5.74) is 5.86. The molecule has 2 aliphatic rings. The largest absolute Gasteiger partial charge is 0.345 e. The highest BCUT2D eigenvalue weighted by Gasteiger charge is 2.29. The molecule has 1 atom stereocenters. The SMILES string of the molecule is O=C(NC1CCCc2ccccc21)c1ccc(C=C2Sc3ccccc3N(Cc3cccc(Cl)c3)C2=O)cc1. The first-order chi connectivity index (χ1) is 19.0. The van der Waals surface area contributed by atoms with Gasteiger partial charge in [0.1, 0.15) is 0 Å². The van der Waals surface area contributed by atoms with Crippen LogP contribution in [0, 0.1) is 0 Å². The van der Waals surface area contributed by atoms with E-state index < -0.39 is 0 Å². The molecule has 1 N–H and O–H groups in total. The van der Waals surface area contributed by atoms with Crippen LogP contribution in [0.3, 0.4) is 0 Å². The van der Waals surface area contributed by atoms with Crippen molar-refractivity contribution in [1.29, 1.82) is 0 Å². The Morgan fingerprint density at radius 1 is 0.974 bits per heavy atom. The topological polar surface area (TPSA) is 49.4 Å². The number of rotatable bonds is 5. The molecule has 0 saturated carbocycles. The summed E-state index contributed by atoms with van der Waals surface area (Å²) < 4.78 is 0. The van der Waals surface area contributed by atoms with Crippen molar-refractivity contribution in [2.75, 3.05) is 4.90 Å². The maximum absolute atomic E-state index is 13.6. The fourth-order valence-corrected chi connectivity index (χ4v) is 6.54. The molecule has 6 heteroatoms. The lowest BCUT2D eigenvalue weighted by Crippen LogP contribution is -2.33. The predicted octanol–water partition coefficient (Wildman–Crippen LogP) is 7.83. The Balaban J connectivity index is 1.21. The van der Waals surface area contributed by atoms with Crippen LogP contribution in [0.25, 0.3) is 6.08 Å². The van der Waals surface area contributed by atoms with Crippen LogP contribution in [0.15, 0.2) is 107 Å². The van der Waals surface area contributed by atoms with Crippen LogP contribution in [0.4, 0.5) is 5.69 Å². The number of hydrogen-bond acceptors (Lipinski definition) is 3. The number of carbonyl (C=O) groups is 2. The molecular weight excluding hydrogens is 524 g/mol. The highest BCUT2D eigenvalue weighted by molar-refractivity contribution is 8.04. The number of halogens is 1. The molecule has 4 aromatic carbocycles. The van der Waals surface area contributed by atoms with Gasteiger partial charge in [-0.3, -0.25) is 9.59 Å². The Morgan fingerprint density at radius 2 is 1.77 bits per heavy atom. The van der Waals surface area contributed by atoms with E-state index in [2.05, 4.69) is 23.5 Å². The minimum Gasteiger partial charge on any atom is -0.345 e. The molecule has 39 heavy (non-hydrogen) atoms. The molecule has 0 bridgehead atoms. The summed E-state index contributed by atoms with van der Waals surface area (Å²) in [5, 5.41) is 3.86. The monoisotopic (exact) mass is 550 g/mol. The van der Waals surface area contributed by atoms with E-state index in [0.29, 0.717) is 22.0 Å². The van der Waals surface area contributed by atoms with Crippen molar-refractivity contribution in [1.82, 2.24) is 5.32 Å². The van der Waals surface area contributed by atoms with Gasteiger partial charge < -0.3 is 10.2 Å². The number of benzene rings is 4. The van der Waals surface area contributed by atoms with Gasteiger partial charge in [0.25, 0.3) is 11.8 Å². The Hall–Kier alpha value is -3.80. The fraction of sp³-hybridized carbons (Fsp3) is 0.152. The molecule has 0 fully saturated rings. The van der Waals surface area contributed by atoms with E-state index in [0.717, 1.165) is 41.0 Å². The van der Waals surface area contributed by atoms with E-state index >= 15 is 0 Å². The van der Waals surface area contributed by atoms with Crippen LogP contribution in [0.5, 0.6) is 0 Å². The maximum atomic E-state index is 13.6. The smallest absolute Gasteiger partial charge is 0.265 e. The van der Waals surface area contributed by atoms with Gasteiger partial charge in [-0.1, -0.05) is 84.0 Å². The Kier molecular flexibility index (Phi) is 7.27. The minimum atomic E-state index is -0.0827. The number of nitrogens with one attached hydrogen (secondary N) is 1. The van der Waals surface area contributed by atoms with Crippen molar-refractivity contribution in [3.05, 3.63) is 135 Å². The van der Waals surface area contributed by atoms with Gasteiger partial charge in [0.05, 0.1) is 23.2 Å². The number of carbonyl (C=O) groups excluding carboxylic acids is 2. The van der Waals surface area contributed by atoms with Gasteiger partial charge >= 0.3 is 0 Å². The summed E-state index contributed by atoms with van der Waals surface area (Å²) in [6.45, 7) is 0.428. The third kappa shape index (κ3) is 5.51. The molecule has 1 aliphatic carbocycles. The van der Waals surface area contributed by atoms with Gasteiger partial charge in [-0.15, -0.1) is 0 Å². The zero-order chi connectivity index (χ0) is 26.8. The molecule has 0 saturated heterocycles. The van der Waals surface area contributed by atoms with Crippen LogP contribution < -0.4 is 10.2 Å². The lowest BCUT2D eigenvalue weighted by Gasteiger charge is -2.30. The third-order valence-electron chi connectivity index (χ3n) is 7.21. The van der Waals surface area contributed by atoms with E-state index in [1.807, 2.05) is 84.9 Å². The van der Waals surface area contributed by atoms with Gasteiger partial charge in [0.2, 0.25) is 0 Å². The second-order valence-electron chi connectivity index (χ2n) is 9.84. The molecule has 4 aromatic rings. The van der Waals surface area contributed by atoms with E-state index in [9.17, 15) is 9.59 Å². The van der Waals surface area contributed by atoms with Gasteiger partial charge in [0, 0.05) is 15.5 Å². The number of nitrogens with zero attached hydrogens (tertiary/aromatic N) is 1. The van der Waals surface area contributed by atoms with Crippen molar-refractivity contribution in [2.45, 2.75) is 36.7 Å². The number of para-hydroxylation sites is 1. The first kappa shape index (κ1) is 25.5. The second-order valence-corrected chi connectivity index (χ2v) is 11.4. The van der Waals surface area contributed by atoms with Crippen LogP contribution >= 0.6 is 23.4 Å². The Bertz CT molecular complexity index is 1580. The van der Waals surface area contributed by atoms with E-state index in [-0.39, 0.29) is 17.9 Å². The number of anilines is 1. The minimum absolute atomic E-state index is 0.0334.